The summed E-state index contributed by atoms with van der Waals surface area (Å²) in [4.78, 5) is 31.3. The lowest BCUT2D eigenvalue weighted by atomic mass is 9.93. The van der Waals surface area contributed by atoms with Crippen LogP contribution < -0.4 is 11.1 Å². The third kappa shape index (κ3) is 3.79. The number of hydrogen-bond donors (Lipinski definition) is 2. The number of amides is 1. The van der Waals surface area contributed by atoms with Crippen molar-refractivity contribution in [2.45, 2.75) is 12.3 Å². The molecular weight excluding hydrogens is 342 g/mol. The number of pyridine rings is 1. The van der Waals surface area contributed by atoms with Gasteiger partial charge in [0, 0.05) is 24.0 Å². The molecule has 0 spiro atoms. The summed E-state index contributed by atoms with van der Waals surface area (Å²) in [6.07, 6.45) is 2.21. The fourth-order valence-corrected chi connectivity index (χ4v) is 3.03. The van der Waals surface area contributed by atoms with Crippen LogP contribution in [0.4, 0.5) is 5.69 Å². The maximum absolute atomic E-state index is 13.0. The molecule has 6 nitrogen and oxygen atoms in total. The van der Waals surface area contributed by atoms with Gasteiger partial charge in [-0.05, 0) is 35.9 Å². The van der Waals surface area contributed by atoms with Gasteiger partial charge in [-0.15, -0.1) is 0 Å². The second-order valence-electron chi connectivity index (χ2n) is 6.20. The van der Waals surface area contributed by atoms with E-state index in [0.717, 1.165) is 11.3 Å². The molecule has 1 atom stereocenters. The van der Waals surface area contributed by atoms with Crippen molar-refractivity contribution in [3.05, 3.63) is 94.7 Å². The first-order valence-electron chi connectivity index (χ1n) is 8.57. The summed E-state index contributed by atoms with van der Waals surface area (Å²) in [5.74, 6) is -1.05. The first-order valence-corrected chi connectivity index (χ1v) is 8.57. The van der Waals surface area contributed by atoms with Gasteiger partial charge in [-0.2, -0.15) is 0 Å². The highest BCUT2D eigenvalue weighted by atomic mass is 16.4. The minimum Gasteiger partial charge on any atom is -0.408 e. The number of nitrogens with one attached hydrogen (secondary N) is 2. The second kappa shape index (κ2) is 7.29. The first kappa shape index (κ1) is 16.8. The van der Waals surface area contributed by atoms with Crippen LogP contribution >= 0.6 is 0 Å². The standard InChI is InChI=1S/C21H17N3O3/c25-20(23-16-9-10-19-18(13-16)24-21(26)27-19)17(14-6-2-1-3-7-14)12-15-8-4-5-11-22-15/h1-11,13,17H,12H2,(H,23,25)(H,24,26). The highest BCUT2D eigenvalue weighted by molar-refractivity contribution is 5.97. The van der Waals surface area contributed by atoms with Gasteiger partial charge in [-0.3, -0.25) is 14.8 Å². The predicted octanol–water partition coefficient (Wildman–Crippen LogP) is 3.48. The molecule has 0 fully saturated rings. The van der Waals surface area contributed by atoms with E-state index in [4.69, 9.17) is 4.42 Å². The quantitative estimate of drug-likeness (QED) is 0.571. The fourth-order valence-electron chi connectivity index (χ4n) is 3.03. The van der Waals surface area contributed by atoms with E-state index in [2.05, 4.69) is 15.3 Å². The smallest absolute Gasteiger partial charge is 0.408 e. The van der Waals surface area contributed by atoms with Gasteiger partial charge in [0.1, 0.15) is 0 Å². The van der Waals surface area contributed by atoms with Crippen molar-refractivity contribution in [2.24, 2.45) is 0 Å². The van der Waals surface area contributed by atoms with Crippen LogP contribution in [0.5, 0.6) is 0 Å². The summed E-state index contributed by atoms with van der Waals surface area (Å²) >= 11 is 0. The SMILES string of the molecule is O=C(Nc1ccc2oc(=O)[nH]c2c1)C(Cc1ccccn1)c1ccccc1. The number of carbonyl (C=O) groups excluding carboxylic acids is 1. The van der Waals surface area contributed by atoms with Gasteiger partial charge >= 0.3 is 5.76 Å². The Morgan fingerprint density at radius 2 is 1.89 bits per heavy atom. The van der Waals surface area contributed by atoms with Gasteiger partial charge in [0.15, 0.2) is 5.58 Å². The molecule has 27 heavy (non-hydrogen) atoms. The molecule has 1 unspecified atom stereocenters. The first-order chi connectivity index (χ1) is 13.2. The Bertz CT molecular complexity index is 1120. The summed E-state index contributed by atoms with van der Waals surface area (Å²) < 4.78 is 4.99. The van der Waals surface area contributed by atoms with Crippen LogP contribution in [-0.4, -0.2) is 15.9 Å². The highest BCUT2D eigenvalue weighted by Crippen LogP contribution is 2.23. The van der Waals surface area contributed by atoms with Gasteiger partial charge in [-0.25, -0.2) is 4.79 Å². The molecule has 0 aliphatic carbocycles. The fraction of sp³-hybridized carbons (Fsp3) is 0.0952. The summed E-state index contributed by atoms with van der Waals surface area (Å²) in [6, 6.07) is 20.3. The molecule has 6 heteroatoms. The number of hydrogen-bond acceptors (Lipinski definition) is 4. The van der Waals surface area contributed by atoms with E-state index < -0.39 is 5.76 Å². The number of aromatic amines is 1. The zero-order valence-corrected chi connectivity index (χ0v) is 14.4. The van der Waals surface area contributed by atoms with Crippen LogP contribution in [0.25, 0.3) is 11.1 Å². The van der Waals surface area contributed by atoms with Crippen LogP contribution in [0, 0.1) is 0 Å². The molecule has 134 valence electrons. The normalized spacial score (nSPS) is 12.0. The number of nitrogens with zero attached hydrogens (tertiary/aromatic N) is 1. The largest absolute Gasteiger partial charge is 0.417 e. The zero-order valence-electron chi connectivity index (χ0n) is 14.4. The molecule has 2 aromatic heterocycles. The minimum atomic E-state index is -0.522. The van der Waals surface area contributed by atoms with Crippen LogP contribution in [-0.2, 0) is 11.2 Å². The Labute approximate surface area is 154 Å². The lowest BCUT2D eigenvalue weighted by molar-refractivity contribution is -0.117. The van der Waals surface area contributed by atoms with Gasteiger partial charge in [0.2, 0.25) is 5.91 Å². The average molecular weight is 359 g/mol. The molecule has 2 aromatic carbocycles. The molecule has 4 rings (SSSR count). The van der Waals surface area contributed by atoms with Crippen molar-refractivity contribution in [3.8, 4) is 0 Å². The average Bonchev–Trinajstić information content (AvgIpc) is 3.07. The van der Waals surface area contributed by atoms with Crippen LogP contribution in [0.1, 0.15) is 17.2 Å². The number of carbonyl (C=O) groups is 1. The Morgan fingerprint density at radius 3 is 2.67 bits per heavy atom. The van der Waals surface area contributed by atoms with E-state index in [-0.39, 0.29) is 11.8 Å². The van der Waals surface area contributed by atoms with E-state index in [1.54, 1.807) is 24.4 Å². The van der Waals surface area contributed by atoms with Crippen molar-refractivity contribution in [1.82, 2.24) is 9.97 Å². The van der Waals surface area contributed by atoms with Gasteiger partial charge in [-0.1, -0.05) is 36.4 Å². The number of oxazole rings is 1. The van der Waals surface area contributed by atoms with Gasteiger partial charge in [0.25, 0.3) is 0 Å². The monoisotopic (exact) mass is 359 g/mol. The van der Waals surface area contributed by atoms with E-state index in [1.807, 2.05) is 48.5 Å². The van der Waals surface area contributed by atoms with E-state index in [1.165, 1.54) is 0 Å². The number of benzene rings is 2. The Morgan fingerprint density at radius 1 is 1.07 bits per heavy atom. The Hall–Kier alpha value is -3.67. The summed E-state index contributed by atoms with van der Waals surface area (Å²) in [5, 5.41) is 2.93. The van der Waals surface area contributed by atoms with Crippen molar-refractivity contribution in [2.75, 3.05) is 5.32 Å². The molecule has 0 aliphatic heterocycles. The van der Waals surface area contributed by atoms with Gasteiger partial charge < -0.3 is 9.73 Å². The molecule has 4 aromatic rings. The Kier molecular flexibility index (Phi) is 4.53. The molecule has 0 radical (unpaired) electrons. The van der Waals surface area contributed by atoms with Crippen LogP contribution in [0.3, 0.4) is 0 Å². The lowest BCUT2D eigenvalue weighted by Crippen LogP contribution is -2.23. The number of aromatic nitrogens is 2. The van der Waals surface area contributed by atoms with Crippen molar-refractivity contribution in [1.29, 1.82) is 0 Å². The van der Waals surface area contributed by atoms with Crippen molar-refractivity contribution < 1.29 is 9.21 Å². The zero-order chi connectivity index (χ0) is 18.6. The molecule has 0 saturated carbocycles. The third-order valence-corrected chi connectivity index (χ3v) is 4.34. The molecule has 0 saturated heterocycles. The van der Waals surface area contributed by atoms with E-state index >= 15 is 0 Å². The summed E-state index contributed by atoms with van der Waals surface area (Å²) in [6.45, 7) is 0. The maximum atomic E-state index is 13.0. The molecular formula is C21H17N3O3. The molecule has 0 aliphatic rings. The highest BCUT2D eigenvalue weighted by Gasteiger charge is 2.22. The lowest BCUT2D eigenvalue weighted by Gasteiger charge is -2.17. The minimum absolute atomic E-state index is 0.142. The molecule has 2 heterocycles. The second-order valence-corrected chi connectivity index (χ2v) is 6.20. The topological polar surface area (TPSA) is 88.0 Å². The number of rotatable bonds is 5. The number of fused-ring (bicyclic) bond motifs is 1. The van der Waals surface area contributed by atoms with E-state index in [0.29, 0.717) is 23.2 Å². The predicted molar refractivity (Wildman–Crippen MR) is 103 cm³/mol. The van der Waals surface area contributed by atoms with Gasteiger partial charge in [0.05, 0.1) is 11.4 Å². The summed E-state index contributed by atoms with van der Waals surface area (Å²) in [5.41, 5.74) is 3.34. The maximum Gasteiger partial charge on any atom is 0.417 e. The third-order valence-electron chi connectivity index (χ3n) is 4.34. The van der Waals surface area contributed by atoms with Crippen LogP contribution in [0.2, 0.25) is 0 Å². The number of anilines is 1. The molecule has 1 amide bonds. The van der Waals surface area contributed by atoms with E-state index in [9.17, 15) is 9.59 Å². The van der Waals surface area contributed by atoms with Crippen molar-refractivity contribution >= 4 is 22.7 Å². The summed E-state index contributed by atoms with van der Waals surface area (Å²) in [7, 11) is 0. The Balaban J connectivity index is 1.61. The van der Waals surface area contributed by atoms with Crippen LogP contribution in [0.15, 0.2) is 82.1 Å². The number of H-pyrrole nitrogens is 1. The molecule has 2 N–H and O–H groups in total. The van der Waals surface area contributed by atoms with Crippen molar-refractivity contribution in [3.63, 3.8) is 0 Å². The molecule has 0 bridgehead atoms.